The van der Waals surface area contributed by atoms with E-state index in [2.05, 4.69) is 85.0 Å². The number of nitrogens with zero attached hydrogens (tertiary/aromatic N) is 6. The fourth-order valence-electron chi connectivity index (χ4n) is 14.2. The zero-order valence-corrected chi connectivity index (χ0v) is 46.1. The van der Waals surface area contributed by atoms with Gasteiger partial charge in [-0.25, -0.2) is 24.0 Å². The topological polar surface area (TPSA) is 109 Å². The molecule has 4 fully saturated rings. The van der Waals surface area contributed by atoms with E-state index in [1.165, 1.54) is 122 Å². The summed E-state index contributed by atoms with van der Waals surface area (Å²) in [4.78, 5) is 43.7. The van der Waals surface area contributed by atoms with Gasteiger partial charge in [-0.1, -0.05) is 120 Å². The zero-order valence-electron chi connectivity index (χ0n) is 46.1. The van der Waals surface area contributed by atoms with Crippen LogP contribution in [0.15, 0.2) is 64.6 Å². The molecule has 13 heteroatoms. The molecule has 12 nitrogen and oxygen atoms in total. The number of benzene rings is 2. The van der Waals surface area contributed by atoms with E-state index in [0.717, 1.165) is 63.7 Å². The molecule has 2 aromatic rings. The molecule has 73 heavy (non-hydrogen) atoms. The molecule has 6 unspecified atom stereocenters. The summed E-state index contributed by atoms with van der Waals surface area (Å²) in [6.45, 7) is 4.08. The normalized spacial score (nSPS) is 29.7. The quantitative estimate of drug-likeness (QED) is 0.134. The van der Waals surface area contributed by atoms with Gasteiger partial charge in [0.2, 0.25) is 11.4 Å². The van der Waals surface area contributed by atoms with Gasteiger partial charge in [-0.3, -0.25) is 0 Å². The van der Waals surface area contributed by atoms with E-state index in [1.54, 1.807) is 12.1 Å². The molecule has 2 aliphatic heterocycles. The van der Waals surface area contributed by atoms with Crippen LogP contribution >= 0.6 is 0 Å². The molecule has 8 rings (SSSR count). The number of carbonyl (C=O) groups is 2. The molecule has 0 radical (unpaired) electrons. The fraction of sp³-hybridized carbons (Fsp3) is 0.733. The first-order valence-corrected chi connectivity index (χ1v) is 28.6. The number of hydrogen-bond acceptors (Lipinski definition) is 12. The molecule has 4 saturated carbocycles. The lowest BCUT2D eigenvalue weighted by Crippen LogP contribution is -2.53. The monoisotopic (exact) mass is 1010 g/mol. The summed E-state index contributed by atoms with van der Waals surface area (Å²) in [6, 6.07) is 19.9. The average Bonchev–Trinajstić information content (AvgIpc) is 3.91. The molecule has 0 amide bonds. The van der Waals surface area contributed by atoms with Crippen molar-refractivity contribution in [3.8, 4) is 0 Å². The van der Waals surface area contributed by atoms with Gasteiger partial charge in [0.1, 0.15) is 5.82 Å². The van der Waals surface area contributed by atoms with Crippen LogP contribution in [0.5, 0.6) is 0 Å². The summed E-state index contributed by atoms with van der Waals surface area (Å²) < 4.78 is 35.1. The van der Waals surface area contributed by atoms with Crippen molar-refractivity contribution in [2.24, 2.45) is 33.7 Å². The van der Waals surface area contributed by atoms with E-state index in [-0.39, 0.29) is 23.9 Å². The number of aliphatic imine (C=N–C) groups is 2. The summed E-state index contributed by atoms with van der Waals surface area (Å²) in [5.41, 5.74) is 0.890. The maximum atomic E-state index is 13.5. The first-order chi connectivity index (χ1) is 35.3. The van der Waals surface area contributed by atoms with E-state index in [9.17, 15) is 14.0 Å². The van der Waals surface area contributed by atoms with Crippen LogP contribution in [0, 0.1) is 29.5 Å². The number of aryl methyl sites for hydroxylation is 1. The Morgan fingerprint density at radius 2 is 1.18 bits per heavy atom. The molecular weight excluding hydrogens is 920 g/mol. The third-order valence-electron chi connectivity index (χ3n) is 18.1. The Kier molecular flexibility index (Phi) is 20.9. The standard InChI is InChI=1S/C32H51N3O3.C28H42FN3O3/c1-5-22-32(38-31(36)37-4)30(35(24-33-32)28-14-10-7-11-15-28)23-26-16-19-27(20-17-26)29(34(2)3)21-18-25-12-8-6-9-13-25;1-28(35-27(33)34-4)25(32(19-30-28)24-8-6-5-7-9-24)18-20-10-12-21(13-11-20)26(31(2)3)22-14-16-23(29)17-15-22/h6,8-9,12-13,24,26-30H,5,7,10-11,14-23H2,1-4H3;14-17,19-21,24-26H,5-13,18H2,1-4H3. The summed E-state index contributed by atoms with van der Waals surface area (Å²) in [5.74, 6) is 2.29. The summed E-state index contributed by atoms with van der Waals surface area (Å²) >= 11 is 0. The Bertz CT molecular complexity index is 2030. The van der Waals surface area contributed by atoms with Crippen LogP contribution in [-0.2, 0) is 25.4 Å². The van der Waals surface area contributed by atoms with Gasteiger partial charge < -0.3 is 38.5 Å². The fourth-order valence-corrected chi connectivity index (χ4v) is 14.2. The molecular formula is C60H93FN6O6. The van der Waals surface area contributed by atoms with Crippen LogP contribution < -0.4 is 0 Å². The van der Waals surface area contributed by atoms with Crippen molar-refractivity contribution in [3.63, 3.8) is 0 Å². The van der Waals surface area contributed by atoms with Crippen LogP contribution in [0.1, 0.15) is 179 Å². The van der Waals surface area contributed by atoms with Crippen molar-refractivity contribution in [3.05, 3.63) is 71.5 Å². The Labute approximate surface area is 439 Å². The summed E-state index contributed by atoms with van der Waals surface area (Å²) in [5, 5.41) is 0. The van der Waals surface area contributed by atoms with E-state index in [0.29, 0.717) is 35.9 Å². The number of carbonyl (C=O) groups excluding carboxylic acids is 2. The Hall–Kier alpha value is -4.23. The first kappa shape index (κ1) is 56.5. The van der Waals surface area contributed by atoms with Crippen LogP contribution in [-0.4, -0.2) is 129 Å². The SMILES string of the molecule is CCCC1(OC(=O)OC)N=CN(C2CCCCC2)C1CC1CCC(C(CCc2ccccc2)N(C)C)CC1.COC(=O)OC1(C)N=CN(C2CCCCC2)C1CC1CCC(C(c2ccc(F)cc2)N(C)C)CC1. The van der Waals surface area contributed by atoms with Crippen LogP contribution in [0.2, 0.25) is 0 Å². The molecule has 0 spiro atoms. The van der Waals surface area contributed by atoms with Crippen molar-refractivity contribution in [2.75, 3.05) is 42.4 Å². The third kappa shape index (κ3) is 14.8. The summed E-state index contributed by atoms with van der Waals surface area (Å²) in [7, 11) is 11.5. The predicted molar refractivity (Wildman–Crippen MR) is 290 cm³/mol. The van der Waals surface area contributed by atoms with Crippen LogP contribution in [0.4, 0.5) is 14.0 Å². The molecule has 2 heterocycles. The van der Waals surface area contributed by atoms with E-state index >= 15 is 0 Å². The molecule has 0 saturated heterocycles. The second-order valence-corrected chi connectivity index (χ2v) is 23.3. The third-order valence-corrected chi connectivity index (χ3v) is 18.1. The number of hydrogen-bond donors (Lipinski definition) is 0. The Balaban J connectivity index is 0.000000214. The smallest absolute Gasteiger partial charge is 0.438 e. The molecule has 0 N–H and O–H groups in total. The van der Waals surface area contributed by atoms with Crippen molar-refractivity contribution < 1.29 is 32.9 Å². The molecule has 2 aromatic carbocycles. The van der Waals surface area contributed by atoms with E-state index < -0.39 is 23.8 Å². The zero-order chi connectivity index (χ0) is 52.0. The Morgan fingerprint density at radius 3 is 1.71 bits per heavy atom. The van der Waals surface area contributed by atoms with Crippen LogP contribution in [0.3, 0.4) is 0 Å². The highest BCUT2D eigenvalue weighted by atomic mass is 19.1. The lowest BCUT2D eigenvalue weighted by atomic mass is 9.74. The number of ether oxygens (including phenoxy) is 4. The van der Waals surface area contributed by atoms with Gasteiger partial charge >= 0.3 is 12.3 Å². The first-order valence-electron chi connectivity index (χ1n) is 28.6. The largest absolute Gasteiger partial charge is 0.510 e. The number of methoxy groups -OCH3 is 2. The maximum Gasteiger partial charge on any atom is 0.510 e. The highest BCUT2D eigenvalue weighted by Crippen LogP contribution is 2.46. The van der Waals surface area contributed by atoms with Gasteiger partial charge in [-0.05, 0) is 159 Å². The number of rotatable bonds is 18. The van der Waals surface area contributed by atoms with Gasteiger partial charge in [0.15, 0.2) is 0 Å². The van der Waals surface area contributed by atoms with E-state index in [1.807, 2.05) is 31.7 Å². The highest BCUT2D eigenvalue weighted by molar-refractivity contribution is 5.65. The molecule has 6 aliphatic rings. The number of halogens is 1. The van der Waals surface area contributed by atoms with Gasteiger partial charge in [0, 0.05) is 30.6 Å². The van der Waals surface area contributed by atoms with Gasteiger partial charge in [-0.2, -0.15) is 0 Å². The minimum atomic E-state index is -0.915. The average molecular weight is 1010 g/mol. The van der Waals surface area contributed by atoms with Gasteiger partial charge in [-0.15, -0.1) is 0 Å². The molecule has 6 atom stereocenters. The van der Waals surface area contributed by atoms with Gasteiger partial charge in [0.25, 0.3) is 0 Å². The van der Waals surface area contributed by atoms with Crippen molar-refractivity contribution in [2.45, 2.75) is 216 Å². The van der Waals surface area contributed by atoms with E-state index in [4.69, 9.17) is 28.9 Å². The lowest BCUT2D eigenvalue weighted by molar-refractivity contribution is -0.0687. The van der Waals surface area contributed by atoms with Gasteiger partial charge in [0.05, 0.1) is 39.0 Å². The predicted octanol–water partition coefficient (Wildman–Crippen LogP) is 13.2. The van der Waals surface area contributed by atoms with Crippen LogP contribution in [0.25, 0.3) is 0 Å². The molecule has 4 aliphatic carbocycles. The second-order valence-electron chi connectivity index (χ2n) is 23.3. The van der Waals surface area contributed by atoms with Crippen molar-refractivity contribution in [1.29, 1.82) is 0 Å². The minimum Gasteiger partial charge on any atom is -0.438 e. The minimum absolute atomic E-state index is 0.0352. The highest BCUT2D eigenvalue weighted by Gasteiger charge is 2.52. The molecule has 0 aromatic heterocycles. The molecule has 406 valence electrons. The Morgan fingerprint density at radius 1 is 0.658 bits per heavy atom. The molecule has 0 bridgehead atoms. The maximum absolute atomic E-state index is 13.5. The van der Waals surface area contributed by atoms with Crippen molar-refractivity contribution >= 4 is 25.0 Å². The van der Waals surface area contributed by atoms with Crippen molar-refractivity contribution in [1.82, 2.24) is 19.6 Å². The summed E-state index contributed by atoms with van der Waals surface area (Å²) in [6.07, 6.45) is 30.7. The second kappa shape index (κ2) is 27.0. The lowest BCUT2D eigenvalue weighted by Gasteiger charge is -2.44.